The van der Waals surface area contributed by atoms with Crippen LogP contribution in [0.15, 0.2) is 22.5 Å². The standard InChI is InChI=1S/C14H26N4S.HI/c1-5-15-13(16-8-9-18-14(2,3)4)17-11-12-7-6-10-19-12;/h6-7,10,18H,5,8-9,11H2,1-4H3,(H2,15,16,17);1H. The molecule has 1 rings (SSSR count). The Morgan fingerprint density at radius 3 is 2.55 bits per heavy atom. The number of halogens is 1. The molecule has 0 saturated carbocycles. The van der Waals surface area contributed by atoms with Gasteiger partial charge in [0.25, 0.3) is 0 Å². The van der Waals surface area contributed by atoms with E-state index < -0.39 is 0 Å². The van der Waals surface area contributed by atoms with Gasteiger partial charge in [-0.25, -0.2) is 4.99 Å². The van der Waals surface area contributed by atoms with E-state index in [2.05, 4.69) is 66.2 Å². The van der Waals surface area contributed by atoms with Crippen molar-refractivity contribution in [3.05, 3.63) is 22.4 Å². The van der Waals surface area contributed by atoms with Crippen molar-refractivity contribution in [1.29, 1.82) is 0 Å². The third-order valence-electron chi connectivity index (χ3n) is 2.39. The van der Waals surface area contributed by atoms with Gasteiger partial charge in [0.1, 0.15) is 0 Å². The smallest absolute Gasteiger partial charge is 0.191 e. The zero-order chi connectivity index (χ0) is 14.1. The van der Waals surface area contributed by atoms with Gasteiger partial charge in [0.05, 0.1) is 6.54 Å². The molecule has 0 saturated heterocycles. The van der Waals surface area contributed by atoms with Crippen LogP contribution in [-0.4, -0.2) is 31.1 Å². The number of aliphatic imine (C=N–C) groups is 1. The average molecular weight is 410 g/mol. The fourth-order valence-corrected chi connectivity index (χ4v) is 2.15. The molecule has 0 fully saturated rings. The molecule has 0 aromatic carbocycles. The minimum Gasteiger partial charge on any atom is -0.357 e. The number of rotatable bonds is 6. The molecule has 20 heavy (non-hydrogen) atoms. The Bertz CT molecular complexity index is 371. The molecule has 0 aliphatic heterocycles. The summed E-state index contributed by atoms with van der Waals surface area (Å²) in [6, 6.07) is 4.17. The van der Waals surface area contributed by atoms with E-state index in [1.54, 1.807) is 11.3 Å². The van der Waals surface area contributed by atoms with E-state index in [0.717, 1.165) is 32.1 Å². The zero-order valence-electron chi connectivity index (χ0n) is 12.8. The van der Waals surface area contributed by atoms with E-state index in [4.69, 9.17) is 0 Å². The molecule has 1 heterocycles. The monoisotopic (exact) mass is 410 g/mol. The molecule has 1 aromatic rings. The van der Waals surface area contributed by atoms with Crippen molar-refractivity contribution in [2.45, 2.75) is 39.8 Å². The molecule has 3 N–H and O–H groups in total. The van der Waals surface area contributed by atoms with Crippen LogP contribution in [0.2, 0.25) is 0 Å². The lowest BCUT2D eigenvalue weighted by Gasteiger charge is -2.21. The topological polar surface area (TPSA) is 48.5 Å². The summed E-state index contributed by atoms with van der Waals surface area (Å²) in [6.45, 7) is 12.0. The first-order valence-corrected chi connectivity index (χ1v) is 7.69. The van der Waals surface area contributed by atoms with Crippen molar-refractivity contribution < 1.29 is 0 Å². The van der Waals surface area contributed by atoms with Gasteiger partial charge in [-0.3, -0.25) is 0 Å². The van der Waals surface area contributed by atoms with Crippen LogP contribution in [0.25, 0.3) is 0 Å². The summed E-state index contributed by atoms with van der Waals surface area (Å²) < 4.78 is 0. The summed E-state index contributed by atoms with van der Waals surface area (Å²) in [6.07, 6.45) is 0. The zero-order valence-corrected chi connectivity index (χ0v) is 16.0. The molecule has 0 spiro atoms. The predicted octanol–water partition coefficient (Wildman–Crippen LogP) is 2.81. The van der Waals surface area contributed by atoms with E-state index in [9.17, 15) is 0 Å². The maximum atomic E-state index is 4.57. The molecule has 0 aliphatic carbocycles. The molecule has 1 aromatic heterocycles. The maximum absolute atomic E-state index is 4.57. The molecule has 0 unspecified atom stereocenters. The first-order chi connectivity index (χ1) is 9.01. The highest BCUT2D eigenvalue weighted by Crippen LogP contribution is 2.09. The molecule has 6 heteroatoms. The summed E-state index contributed by atoms with van der Waals surface area (Å²) in [5.74, 6) is 0.881. The Balaban J connectivity index is 0.00000361. The number of hydrogen-bond donors (Lipinski definition) is 3. The van der Waals surface area contributed by atoms with E-state index in [0.29, 0.717) is 0 Å². The van der Waals surface area contributed by atoms with Gasteiger partial charge < -0.3 is 16.0 Å². The summed E-state index contributed by atoms with van der Waals surface area (Å²) >= 11 is 1.74. The Morgan fingerprint density at radius 1 is 1.25 bits per heavy atom. The Kier molecular flexibility index (Phi) is 10.2. The summed E-state index contributed by atoms with van der Waals surface area (Å²) in [5, 5.41) is 12.1. The van der Waals surface area contributed by atoms with Crippen molar-refractivity contribution in [3.8, 4) is 0 Å². The van der Waals surface area contributed by atoms with Crippen LogP contribution in [0.5, 0.6) is 0 Å². The summed E-state index contributed by atoms with van der Waals surface area (Å²) in [5.41, 5.74) is 0.161. The van der Waals surface area contributed by atoms with Crippen LogP contribution >= 0.6 is 35.3 Å². The normalized spacial score (nSPS) is 11.9. The van der Waals surface area contributed by atoms with Gasteiger partial charge in [0.2, 0.25) is 0 Å². The van der Waals surface area contributed by atoms with Crippen molar-refractivity contribution in [3.63, 3.8) is 0 Å². The minimum absolute atomic E-state index is 0. The van der Waals surface area contributed by atoms with Gasteiger partial charge in [-0.05, 0) is 39.1 Å². The van der Waals surface area contributed by atoms with Gasteiger partial charge in [0.15, 0.2) is 5.96 Å². The van der Waals surface area contributed by atoms with Crippen LogP contribution in [-0.2, 0) is 6.54 Å². The Morgan fingerprint density at radius 2 is 2.00 bits per heavy atom. The highest BCUT2D eigenvalue weighted by atomic mass is 127. The van der Waals surface area contributed by atoms with Crippen LogP contribution in [0.4, 0.5) is 0 Å². The van der Waals surface area contributed by atoms with Gasteiger partial charge in [-0.2, -0.15) is 0 Å². The number of thiophene rings is 1. The molecule has 4 nitrogen and oxygen atoms in total. The third kappa shape index (κ3) is 9.55. The average Bonchev–Trinajstić information content (AvgIpc) is 2.83. The van der Waals surface area contributed by atoms with Gasteiger partial charge in [0, 0.05) is 30.1 Å². The second-order valence-corrected chi connectivity index (χ2v) is 6.41. The second kappa shape index (κ2) is 10.4. The highest BCUT2D eigenvalue weighted by Gasteiger charge is 2.07. The lowest BCUT2D eigenvalue weighted by molar-refractivity contribution is 0.428. The number of guanidine groups is 1. The third-order valence-corrected chi connectivity index (χ3v) is 3.25. The maximum Gasteiger partial charge on any atom is 0.191 e. The van der Waals surface area contributed by atoms with Crippen LogP contribution in [0.1, 0.15) is 32.6 Å². The molecule has 0 bridgehead atoms. The number of nitrogens with one attached hydrogen (secondary N) is 3. The Labute approximate surface area is 143 Å². The molecule has 0 aliphatic rings. The van der Waals surface area contributed by atoms with E-state index in [1.165, 1.54) is 4.88 Å². The largest absolute Gasteiger partial charge is 0.357 e. The summed E-state index contributed by atoms with van der Waals surface area (Å²) in [4.78, 5) is 5.85. The minimum atomic E-state index is 0. The summed E-state index contributed by atoms with van der Waals surface area (Å²) in [7, 11) is 0. The predicted molar refractivity (Wildman–Crippen MR) is 100 cm³/mol. The van der Waals surface area contributed by atoms with E-state index >= 15 is 0 Å². The van der Waals surface area contributed by atoms with Crippen LogP contribution in [0, 0.1) is 0 Å². The fraction of sp³-hybridized carbons (Fsp3) is 0.643. The first-order valence-electron chi connectivity index (χ1n) is 6.81. The SMILES string of the molecule is CCNC(=NCc1cccs1)NCCNC(C)(C)C.I. The number of nitrogens with zero attached hydrogens (tertiary/aromatic N) is 1. The molecular formula is C14H27IN4S. The molecule has 0 atom stereocenters. The second-order valence-electron chi connectivity index (χ2n) is 5.38. The van der Waals surface area contributed by atoms with Crippen molar-refractivity contribution in [2.24, 2.45) is 4.99 Å². The van der Waals surface area contributed by atoms with Gasteiger partial charge >= 0.3 is 0 Å². The van der Waals surface area contributed by atoms with Crippen LogP contribution in [0.3, 0.4) is 0 Å². The fourth-order valence-electron chi connectivity index (χ4n) is 1.52. The van der Waals surface area contributed by atoms with E-state index in [1.807, 2.05) is 0 Å². The number of hydrogen-bond acceptors (Lipinski definition) is 3. The molecular weight excluding hydrogens is 383 g/mol. The molecule has 116 valence electrons. The van der Waals surface area contributed by atoms with Crippen LogP contribution < -0.4 is 16.0 Å². The van der Waals surface area contributed by atoms with Crippen molar-refractivity contribution in [2.75, 3.05) is 19.6 Å². The highest BCUT2D eigenvalue weighted by molar-refractivity contribution is 14.0. The first kappa shape index (κ1) is 19.7. The molecule has 0 amide bonds. The van der Waals surface area contributed by atoms with Gasteiger partial charge in [-0.15, -0.1) is 35.3 Å². The van der Waals surface area contributed by atoms with Gasteiger partial charge in [-0.1, -0.05) is 6.07 Å². The quantitative estimate of drug-likeness (QED) is 0.293. The van der Waals surface area contributed by atoms with Crippen molar-refractivity contribution in [1.82, 2.24) is 16.0 Å². The lowest BCUT2D eigenvalue weighted by atomic mass is 10.1. The Hall–Kier alpha value is -0.340. The lowest BCUT2D eigenvalue weighted by Crippen LogP contribution is -2.44. The van der Waals surface area contributed by atoms with E-state index in [-0.39, 0.29) is 29.5 Å². The molecule has 0 radical (unpaired) electrons. The van der Waals surface area contributed by atoms with Crippen molar-refractivity contribution >= 4 is 41.3 Å².